The predicted molar refractivity (Wildman–Crippen MR) is 104 cm³/mol. The van der Waals surface area contributed by atoms with Crippen molar-refractivity contribution in [3.8, 4) is 10.6 Å². The van der Waals surface area contributed by atoms with Crippen molar-refractivity contribution in [1.82, 2.24) is 9.88 Å². The molecule has 4 rings (SSSR count). The number of rotatable bonds is 4. The molecule has 0 radical (unpaired) electrons. The standard InChI is InChI=1S/C20H21N3O2S/c1-13-4-5-14-10-15(11-23-6-7-25-17(12-23)20(21)24)19(22-16(14)9-13)18-3-2-8-26-18/h2-5,8-10,17H,6-7,11-12H2,1H3,(H2,21,24). The number of fused-ring (bicyclic) bond motifs is 1. The van der Waals surface area contributed by atoms with E-state index in [0.717, 1.165) is 40.1 Å². The van der Waals surface area contributed by atoms with Crippen LogP contribution in [0.25, 0.3) is 21.5 Å². The number of amides is 1. The molecule has 5 nitrogen and oxygen atoms in total. The van der Waals surface area contributed by atoms with Gasteiger partial charge in [0.05, 0.1) is 22.7 Å². The van der Waals surface area contributed by atoms with Crippen LogP contribution in [0.1, 0.15) is 11.1 Å². The molecule has 1 amide bonds. The van der Waals surface area contributed by atoms with Gasteiger partial charge >= 0.3 is 0 Å². The number of ether oxygens (including phenoxy) is 1. The van der Waals surface area contributed by atoms with Crippen molar-refractivity contribution in [1.29, 1.82) is 0 Å². The van der Waals surface area contributed by atoms with Gasteiger partial charge in [-0.2, -0.15) is 0 Å². The quantitative estimate of drug-likeness (QED) is 0.770. The maximum absolute atomic E-state index is 11.5. The number of morpholine rings is 1. The minimum Gasteiger partial charge on any atom is -0.367 e. The van der Waals surface area contributed by atoms with Crippen LogP contribution < -0.4 is 5.73 Å². The first-order chi connectivity index (χ1) is 12.6. The molecule has 134 valence electrons. The van der Waals surface area contributed by atoms with Gasteiger partial charge in [0.25, 0.3) is 0 Å². The molecule has 3 aromatic rings. The Bertz CT molecular complexity index is 940. The monoisotopic (exact) mass is 367 g/mol. The van der Waals surface area contributed by atoms with Gasteiger partial charge in [-0.3, -0.25) is 9.69 Å². The largest absolute Gasteiger partial charge is 0.367 e. The highest BCUT2D eigenvalue weighted by Gasteiger charge is 2.25. The Hall–Kier alpha value is -2.28. The summed E-state index contributed by atoms with van der Waals surface area (Å²) in [4.78, 5) is 19.8. The van der Waals surface area contributed by atoms with E-state index in [9.17, 15) is 4.79 Å². The molecule has 1 unspecified atom stereocenters. The first-order valence-electron chi connectivity index (χ1n) is 8.67. The van der Waals surface area contributed by atoms with Crippen LogP contribution in [0.2, 0.25) is 0 Å². The van der Waals surface area contributed by atoms with Crippen LogP contribution in [-0.2, 0) is 16.1 Å². The van der Waals surface area contributed by atoms with Gasteiger partial charge in [0.2, 0.25) is 5.91 Å². The molecule has 0 aliphatic carbocycles. The highest BCUT2D eigenvalue weighted by molar-refractivity contribution is 7.13. The van der Waals surface area contributed by atoms with Gasteiger partial charge in [-0.15, -0.1) is 11.3 Å². The van der Waals surface area contributed by atoms with E-state index in [1.54, 1.807) is 11.3 Å². The molecule has 0 spiro atoms. The van der Waals surface area contributed by atoms with Crippen LogP contribution in [0.4, 0.5) is 0 Å². The number of aromatic nitrogens is 1. The van der Waals surface area contributed by atoms with Crippen molar-refractivity contribution in [3.05, 3.63) is 52.9 Å². The third-order valence-corrected chi connectivity index (χ3v) is 5.55. The Labute approximate surface area is 156 Å². The van der Waals surface area contributed by atoms with E-state index in [-0.39, 0.29) is 0 Å². The number of thiophene rings is 1. The average molecular weight is 367 g/mol. The van der Waals surface area contributed by atoms with Crippen LogP contribution in [0, 0.1) is 6.92 Å². The van der Waals surface area contributed by atoms with Gasteiger partial charge < -0.3 is 10.5 Å². The molecule has 26 heavy (non-hydrogen) atoms. The Balaban J connectivity index is 1.72. The number of aryl methyl sites for hydroxylation is 1. The Morgan fingerprint density at radius 1 is 1.38 bits per heavy atom. The zero-order chi connectivity index (χ0) is 18.1. The lowest BCUT2D eigenvalue weighted by molar-refractivity contribution is -0.135. The van der Waals surface area contributed by atoms with Gasteiger partial charge in [-0.25, -0.2) is 4.98 Å². The summed E-state index contributed by atoms with van der Waals surface area (Å²) in [6.45, 7) is 4.61. The van der Waals surface area contributed by atoms with Crippen LogP contribution in [0.15, 0.2) is 41.8 Å². The molecule has 1 aromatic carbocycles. The number of nitrogens with two attached hydrogens (primary N) is 1. The number of nitrogens with zero attached hydrogens (tertiary/aromatic N) is 2. The van der Waals surface area contributed by atoms with E-state index >= 15 is 0 Å². The summed E-state index contributed by atoms with van der Waals surface area (Å²) in [5.74, 6) is -0.403. The van der Waals surface area contributed by atoms with Crippen molar-refractivity contribution in [2.24, 2.45) is 5.73 Å². The van der Waals surface area contributed by atoms with Crippen LogP contribution >= 0.6 is 11.3 Å². The van der Waals surface area contributed by atoms with Gasteiger partial charge in [0.1, 0.15) is 6.10 Å². The molecule has 1 aliphatic heterocycles. The summed E-state index contributed by atoms with van der Waals surface area (Å²) in [5, 5.41) is 3.20. The molecule has 1 saturated heterocycles. The van der Waals surface area contributed by atoms with E-state index in [4.69, 9.17) is 15.5 Å². The van der Waals surface area contributed by atoms with Crippen LogP contribution in [0.3, 0.4) is 0 Å². The molecular weight excluding hydrogens is 346 g/mol. The number of primary amides is 1. The lowest BCUT2D eigenvalue weighted by atomic mass is 10.1. The maximum Gasteiger partial charge on any atom is 0.247 e. The molecule has 1 fully saturated rings. The topological polar surface area (TPSA) is 68.5 Å². The molecule has 0 saturated carbocycles. The molecule has 6 heteroatoms. The van der Waals surface area contributed by atoms with Gasteiger partial charge in [-0.1, -0.05) is 18.2 Å². The number of pyridine rings is 1. The minimum absolute atomic E-state index is 0.403. The van der Waals surface area contributed by atoms with Gasteiger partial charge in [-0.05, 0) is 41.6 Å². The summed E-state index contributed by atoms with van der Waals surface area (Å²) in [6.07, 6.45) is -0.537. The lowest BCUT2D eigenvalue weighted by Crippen LogP contribution is -2.47. The second-order valence-corrected chi connectivity index (χ2v) is 7.61. The number of hydrogen-bond acceptors (Lipinski definition) is 5. The SMILES string of the molecule is Cc1ccc2cc(CN3CCOC(C(N)=O)C3)c(-c3cccs3)nc2c1. The summed E-state index contributed by atoms with van der Waals surface area (Å²) in [5.41, 5.74) is 9.80. The van der Waals surface area contributed by atoms with E-state index in [1.807, 2.05) is 6.07 Å². The zero-order valence-electron chi connectivity index (χ0n) is 14.6. The third-order valence-electron chi connectivity index (χ3n) is 4.67. The average Bonchev–Trinajstić information content (AvgIpc) is 3.16. The summed E-state index contributed by atoms with van der Waals surface area (Å²) >= 11 is 1.69. The van der Waals surface area contributed by atoms with E-state index in [1.165, 1.54) is 5.56 Å². The second-order valence-electron chi connectivity index (χ2n) is 6.67. The lowest BCUT2D eigenvalue weighted by Gasteiger charge is -2.31. The molecule has 2 aromatic heterocycles. The zero-order valence-corrected chi connectivity index (χ0v) is 15.5. The molecular formula is C20H21N3O2S. The number of hydrogen-bond donors (Lipinski definition) is 1. The number of carbonyl (C=O) groups excluding carboxylic acids is 1. The van der Waals surface area contributed by atoms with Gasteiger partial charge in [0, 0.05) is 25.0 Å². The smallest absolute Gasteiger partial charge is 0.247 e. The fourth-order valence-corrected chi connectivity index (χ4v) is 4.08. The van der Waals surface area contributed by atoms with Crippen molar-refractivity contribution >= 4 is 28.1 Å². The minimum atomic E-state index is -0.537. The van der Waals surface area contributed by atoms with Crippen LogP contribution in [0.5, 0.6) is 0 Å². The molecule has 2 N–H and O–H groups in total. The predicted octanol–water partition coefficient (Wildman–Crippen LogP) is 2.96. The van der Waals surface area contributed by atoms with E-state index < -0.39 is 12.0 Å². The second kappa shape index (κ2) is 7.15. The van der Waals surface area contributed by atoms with E-state index in [2.05, 4.69) is 47.5 Å². The maximum atomic E-state index is 11.5. The van der Waals surface area contributed by atoms with Crippen LogP contribution in [-0.4, -0.2) is 41.6 Å². The van der Waals surface area contributed by atoms with Crippen molar-refractivity contribution in [2.75, 3.05) is 19.7 Å². The Kier molecular flexibility index (Phi) is 4.72. The number of carbonyl (C=O) groups is 1. The fourth-order valence-electron chi connectivity index (χ4n) is 3.33. The summed E-state index contributed by atoms with van der Waals surface area (Å²) in [7, 11) is 0. The Morgan fingerprint density at radius 2 is 2.27 bits per heavy atom. The van der Waals surface area contributed by atoms with Crippen molar-refractivity contribution < 1.29 is 9.53 Å². The summed E-state index contributed by atoms with van der Waals surface area (Å²) in [6, 6.07) is 12.7. The third kappa shape index (κ3) is 3.49. The first kappa shape index (κ1) is 17.1. The van der Waals surface area contributed by atoms with E-state index in [0.29, 0.717) is 13.2 Å². The normalized spacial score (nSPS) is 18.3. The molecule has 3 heterocycles. The number of benzene rings is 1. The highest BCUT2D eigenvalue weighted by Crippen LogP contribution is 2.30. The first-order valence-corrected chi connectivity index (χ1v) is 9.55. The summed E-state index contributed by atoms with van der Waals surface area (Å²) < 4.78 is 5.46. The molecule has 1 atom stereocenters. The molecule has 0 bridgehead atoms. The fraction of sp³-hybridized carbons (Fsp3) is 0.300. The van der Waals surface area contributed by atoms with Crippen molar-refractivity contribution in [3.63, 3.8) is 0 Å². The highest BCUT2D eigenvalue weighted by atomic mass is 32.1. The van der Waals surface area contributed by atoms with Crippen molar-refractivity contribution in [2.45, 2.75) is 19.6 Å². The van der Waals surface area contributed by atoms with Gasteiger partial charge in [0.15, 0.2) is 0 Å². The molecule has 1 aliphatic rings. The Morgan fingerprint density at radius 3 is 3.04 bits per heavy atom.